The molecule has 0 spiro atoms. The molecule has 3 N–H and O–H groups in total. The first-order chi connectivity index (χ1) is 13.5. The van der Waals surface area contributed by atoms with Crippen LogP contribution in [0.25, 0.3) is 11.1 Å². The predicted octanol–water partition coefficient (Wildman–Crippen LogP) is 3.60. The van der Waals surface area contributed by atoms with Crippen LogP contribution >= 0.6 is 0 Å². The standard InChI is InChI=1S/C23H27N3O2/c1-3-16-7-5-6-8-21(16)17-13-18(23(24)28)15-20(14-17)25-19-9-11-26(12-10-19)22(27)4-2/h4-8,13-15,19,25H,2-3,9-12H2,1H3,(H2,24,28). The Hall–Kier alpha value is -3.08. The van der Waals surface area contributed by atoms with Crippen molar-refractivity contribution in [2.75, 3.05) is 18.4 Å². The van der Waals surface area contributed by atoms with Gasteiger partial charge in [-0.05, 0) is 60.2 Å². The highest BCUT2D eigenvalue weighted by atomic mass is 16.2. The molecule has 1 aliphatic rings. The van der Waals surface area contributed by atoms with Gasteiger partial charge in [0.2, 0.25) is 11.8 Å². The SMILES string of the molecule is C=CC(=O)N1CCC(Nc2cc(C(N)=O)cc(-c3ccccc3CC)c2)CC1. The molecule has 0 saturated carbocycles. The van der Waals surface area contributed by atoms with Crippen molar-refractivity contribution in [3.05, 3.63) is 66.2 Å². The zero-order chi connectivity index (χ0) is 20.1. The van der Waals surface area contributed by atoms with Gasteiger partial charge in [0.05, 0.1) is 0 Å². The highest BCUT2D eigenvalue weighted by Crippen LogP contribution is 2.29. The minimum Gasteiger partial charge on any atom is -0.382 e. The van der Waals surface area contributed by atoms with Gasteiger partial charge in [0, 0.05) is 30.4 Å². The van der Waals surface area contributed by atoms with Gasteiger partial charge in [0.15, 0.2) is 0 Å². The number of nitrogens with zero attached hydrogens (tertiary/aromatic N) is 1. The number of piperidine rings is 1. The summed E-state index contributed by atoms with van der Waals surface area (Å²) >= 11 is 0. The molecule has 5 heteroatoms. The highest BCUT2D eigenvalue weighted by molar-refractivity contribution is 5.95. The number of benzene rings is 2. The maximum atomic E-state index is 11.9. The van der Waals surface area contributed by atoms with Crippen molar-refractivity contribution >= 4 is 17.5 Å². The predicted molar refractivity (Wildman–Crippen MR) is 113 cm³/mol. The Morgan fingerprint density at radius 1 is 1.21 bits per heavy atom. The van der Waals surface area contributed by atoms with Crippen molar-refractivity contribution in [3.63, 3.8) is 0 Å². The van der Waals surface area contributed by atoms with Crippen LogP contribution in [0.2, 0.25) is 0 Å². The number of carbonyl (C=O) groups is 2. The van der Waals surface area contributed by atoms with E-state index in [1.807, 2.05) is 29.2 Å². The van der Waals surface area contributed by atoms with E-state index in [1.54, 1.807) is 0 Å². The number of carbonyl (C=O) groups excluding carboxylic acids is 2. The number of amides is 2. The first-order valence-corrected chi connectivity index (χ1v) is 9.73. The number of aryl methyl sites for hydroxylation is 1. The van der Waals surface area contributed by atoms with E-state index in [-0.39, 0.29) is 11.9 Å². The second-order valence-electron chi connectivity index (χ2n) is 7.12. The third-order valence-electron chi connectivity index (χ3n) is 5.28. The first-order valence-electron chi connectivity index (χ1n) is 9.73. The van der Waals surface area contributed by atoms with E-state index >= 15 is 0 Å². The second-order valence-corrected chi connectivity index (χ2v) is 7.12. The molecule has 0 aliphatic carbocycles. The molecular weight excluding hydrogens is 350 g/mol. The molecule has 2 amide bonds. The fourth-order valence-corrected chi connectivity index (χ4v) is 3.73. The summed E-state index contributed by atoms with van der Waals surface area (Å²) in [5.41, 5.74) is 10.3. The summed E-state index contributed by atoms with van der Waals surface area (Å²) in [4.78, 5) is 25.4. The van der Waals surface area contributed by atoms with Crippen molar-refractivity contribution in [1.29, 1.82) is 0 Å². The zero-order valence-electron chi connectivity index (χ0n) is 16.3. The Morgan fingerprint density at radius 2 is 1.93 bits per heavy atom. The molecule has 1 aliphatic heterocycles. The molecule has 1 saturated heterocycles. The van der Waals surface area contributed by atoms with E-state index in [0.717, 1.165) is 36.1 Å². The number of hydrogen-bond acceptors (Lipinski definition) is 3. The van der Waals surface area contributed by atoms with Gasteiger partial charge in [-0.1, -0.05) is 37.8 Å². The summed E-state index contributed by atoms with van der Waals surface area (Å²) < 4.78 is 0. The Kier molecular flexibility index (Phi) is 6.14. The van der Waals surface area contributed by atoms with Crippen LogP contribution < -0.4 is 11.1 Å². The second kappa shape index (κ2) is 8.74. The topological polar surface area (TPSA) is 75.4 Å². The maximum absolute atomic E-state index is 11.9. The third-order valence-corrected chi connectivity index (χ3v) is 5.28. The minimum atomic E-state index is -0.440. The molecule has 1 heterocycles. The maximum Gasteiger partial charge on any atom is 0.248 e. The van der Waals surface area contributed by atoms with Gasteiger partial charge in [-0.15, -0.1) is 0 Å². The van der Waals surface area contributed by atoms with E-state index in [0.29, 0.717) is 18.7 Å². The molecule has 1 fully saturated rings. The summed E-state index contributed by atoms with van der Waals surface area (Å²) in [6, 6.07) is 14.2. The van der Waals surface area contributed by atoms with E-state index in [2.05, 4.69) is 37.0 Å². The van der Waals surface area contributed by atoms with E-state index < -0.39 is 5.91 Å². The summed E-state index contributed by atoms with van der Waals surface area (Å²) in [5, 5.41) is 3.53. The van der Waals surface area contributed by atoms with Gasteiger partial charge in [-0.3, -0.25) is 9.59 Å². The highest BCUT2D eigenvalue weighted by Gasteiger charge is 2.21. The summed E-state index contributed by atoms with van der Waals surface area (Å²) in [7, 11) is 0. The van der Waals surface area contributed by atoms with Crippen LogP contribution in [-0.4, -0.2) is 35.8 Å². The van der Waals surface area contributed by atoms with Crippen molar-refractivity contribution < 1.29 is 9.59 Å². The van der Waals surface area contributed by atoms with Crippen LogP contribution in [0.5, 0.6) is 0 Å². The van der Waals surface area contributed by atoms with Crippen LogP contribution in [0.4, 0.5) is 5.69 Å². The summed E-state index contributed by atoms with van der Waals surface area (Å²) in [6.45, 7) is 7.07. The largest absolute Gasteiger partial charge is 0.382 e. The molecule has 0 bridgehead atoms. The van der Waals surface area contributed by atoms with Gasteiger partial charge in [0.1, 0.15) is 0 Å². The fraction of sp³-hybridized carbons (Fsp3) is 0.304. The Labute approximate surface area is 166 Å². The van der Waals surface area contributed by atoms with Crippen molar-refractivity contribution in [1.82, 2.24) is 4.90 Å². The molecular formula is C23H27N3O2. The summed E-state index contributed by atoms with van der Waals surface area (Å²) in [5.74, 6) is -0.460. The van der Waals surface area contributed by atoms with Crippen LogP contribution in [0, 0.1) is 0 Å². The number of rotatable bonds is 6. The lowest BCUT2D eigenvalue weighted by Gasteiger charge is -2.32. The third kappa shape index (κ3) is 4.42. The van der Waals surface area contributed by atoms with E-state index in [4.69, 9.17) is 5.73 Å². The lowest BCUT2D eigenvalue weighted by Crippen LogP contribution is -2.41. The molecule has 2 aromatic carbocycles. The lowest BCUT2D eigenvalue weighted by molar-refractivity contribution is -0.126. The molecule has 0 radical (unpaired) electrons. The number of nitrogens with two attached hydrogens (primary N) is 1. The Morgan fingerprint density at radius 3 is 2.57 bits per heavy atom. The molecule has 0 atom stereocenters. The normalized spacial score (nSPS) is 14.5. The fourth-order valence-electron chi connectivity index (χ4n) is 3.73. The number of anilines is 1. The van der Waals surface area contributed by atoms with Crippen LogP contribution in [0.1, 0.15) is 35.7 Å². The van der Waals surface area contributed by atoms with Crippen molar-refractivity contribution in [2.24, 2.45) is 5.73 Å². The van der Waals surface area contributed by atoms with Gasteiger partial charge in [-0.2, -0.15) is 0 Å². The Bertz CT molecular complexity index is 883. The molecule has 0 unspecified atom stereocenters. The van der Waals surface area contributed by atoms with Gasteiger partial charge >= 0.3 is 0 Å². The van der Waals surface area contributed by atoms with Crippen LogP contribution in [0.15, 0.2) is 55.1 Å². The molecule has 2 aromatic rings. The van der Waals surface area contributed by atoms with E-state index in [9.17, 15) is 9.59 Å². The van der Waals surface area contributed by atoms with Gasteiger partial charge in [-0.25, -0.2) is 0 Å². The van der Waals surface area contributed by atoms with E-state index in [1.165, 1.54) is 11.6 Å². The number of primary amides is 1. The van der Waals surface area contributed by atoms with Crippen LogP contribution in [0.3, 0.4) is 0 Å². The van der Waals surface area contributed by atoms with Crippen molar-refractivity contribution in [2.45, 2.75) is 32.2 Å². The molecule has 5 nitrogen and oxygen atoms in total. The smallest absolute Gasteiger partial charge is 0.248 e. The van der Waals surface area contributed by atoms with Crippen LogP contribution in [-0.2, 0) is 11.2 Å². The van der Waals surface area contributed by atoms with Gasteiger partial charge in [0.25, 0.3) is 0 Å². The van der Waals surface area contributed by atoms with Crippen molar-refractivity contribution in [3.8, 4) is 11.1 Å². The molecule has 28 heavy (non-hydrogen) atoms. The average molecular weight is 377 g/mol. The minimum absolute atomic E-state index is 0.0207. The number of nitrogens with one attached hydrogen (secondary N) is 1. The number of likely N-dealkylation sites (tertiary alicyclic amines) is 1. The molecule has 0 aromatic heterocycles. The average Bonchev–Trinajstić information content (AvgIpc) is 2.73. The quantitative estimate of drug-likeness (QED) is 0.755. The molecule has 3 rings (SSSR count). The molecule has 146 valence electrons. The lowest BCUT2D eigenvalue weighted by atomic mass is 9.95. The Balaban J connectivity index is 1.84. The monoisotopic (exact) mass is 377 g/mol. The summed E-state index contributed by atoms with van der Waals surface area (Å²) in [6.07, 6.45) is 3.97. The number of hydrogen-bond donors (Lipinski definition) is 2. The van der Waals surface area contributed by atoms with Gasteiger partial charge < -0.3 is 16.0 Å². The first kappa shape index (κ1) is 19.7. The zero-order valence-corrected chi connectivity index (χ0v) is 16.3.